The van der Waals surface area contributed by atoms with E-state index in [0.717, 1.165) is 6.08 Å². The summed E-state index contributed by atoms with van der Waals surface area (Å²) in [4.78, 5) is 23.3. The Kier molecular flexibility index (Phi) is 6.73. The van der Waals surface area contributed by atoms with Gasteiger partial charge in [-0.2, -0.15) is 0 Å². The molecule has 0 saturated carbocycles. The van der Waals surface area contributed by atoms with E-state index < -0.39 is 11.7 Å². The van der Waals surface area contributed by atoms with E-state index in [-0.39, 0.29) is 5.02 Å². The molecule has 0 bridgehead atoms. The summed E-state index contributed by atoms with van der Waals surface area (Å²) in [5.74, 6) is 5.65. The van der Waals surface area contributed by atoms with Crippen molar-refractivity contribution < 1.29 is 13.9 Å². The highest BCUT2D eigenvalue weighted by Gasteiger charge is 2.11. The van der Waals surface area contributed by atoms with E-state index in [0.29, 0.717) is 40.3 Å². The number of amides is 1. The average molecular weight is 423 g/mol. The predicted molar refractivity (Wildman–Crippen MR) is 116 cm³/mol. The van der Waals surface area contributed by atoms with E-state index in [9.17, 15) is 9.18 Å². The van der Waals surface area contributed by atoms with Gasteiger partial charge in [-0.05, 0) is 43.2 Å². The largest absolute Gasteiger partial charge is 0.492 e. The van der Waals surface area contributed by atoms with Crippen molar-refractivity contribution in [2.45, 2.75) is 6.92 Å². The van der Waals surface area contributed by atoms with Crippen molar-refractivity contribution in [3.63, 3.8) is 0 Å². The number of carbonyl (C=O) groups excluding carboxylic acids is 1. The molecule has 1 N–H and O–H groups in total. The molecule has 0 fully saturated rings. The molecule has 0 atom stereocenters. The van der Waals surface area contributed by atoms with Crippen LogP contribution in [-0.4, -0.2) is 28.7 Å². The van der Waals surface area contributed by atoms with Gasteiger partial charge in [-0.1, -0.05) is 24.1 Å². The Morgan fingerprint density at radius 1 is 1.37 bits per heavy atom. The van der Waals surface area contributed by atoms with Crippen molar-refractivity contribution in [3.05, 3.63) is 65.7 Å². The Labute approximate surface area is 177 Å². The van der Waals surface area contributed by atoms with Crippen LogP contribution in [0.4, 0.5) is 15.9 Å². The van der Waals surface area contributed by atoms with Gasteiger partial charge < -0.3 is 10.1 Å². The minimum Gasteiger partial charge on any atom is -0.492 e. The molecule has 0 aliphatic carbocycles. The Hall–Kier alpha value is -3.76. The molecule has 1 aromatic heterocycles. The van der Waals surface area contributed by atoms with Crippen LogP contribution in [0.1, 0.15) is 12.5 Å². The van der Waals surface area contributed by atoms with Crippen LogP contribution in [0.3, 0.4) is 0 Å². The number of benzene rings is 2. The number of carbonyl (C=O) groups is 1. The molecular weight excluding hydrogens is 407 g/mol. The summed E-state index contributed by atoms with van der Waals surface area (Å²) in [5.41, 5.74) is 1.76. The zero-order chi connectivity index (χ0) is 21.5. The molecule has 8 heteroatoms. The van der Waals surface area contributed by atoms with E-state index in [2.05, 4.69) is 38.7 Å². The van der Waals surface area contributed by atoms with E-state index in [4.69, 9.17) is 16.3 Å². The third kappa shape index (κ3) is 4.99. The fourth-order valence-electron chi connectivity index (χ4n) is 2.53. The summed E-state index contributed by atoms with van der Waals surface area (Å²) in [6.07, 6.45) is 3.70. The van der Waals surface area contributed by atoms with Crippen molar-refractivity contribution in [2.75, 3.05) is 11.9 Å². The van der Waals surface area contributed by atoms with Gasteiger partial charge in [0.2, 0.25) is 0 Å². The molecule has 3 rings (SSSR count). The first-order valence-corrected chi connectivity index (χ1v) is 9.23. The normalized spacial score (nSPS) is 10.5. The van der Waals surface area contributed by atoms with Crippen LogP contribution in [0.25, 0.3) is 10.9 Å². The van der Waals surface area contributed by atoms with Crippen molar-refractivity contribution in [3.8, 4) is 17.6 Å². The van der Waals surface area contributed by atoms with E-state index in [1.807, 2.05) is 6.92 Å². The lowest BCUT2D eigenvalue weighted by molar-refractivity contribution is -0.113. The maximum absolute atomic E-state index is 13.4. The maximum Gasteiger partial charge on any atom is 0.269 e. The SMILES string of the molecule is C=CC(=O)N=CC#Cc1cc2c(Nc3ccc(F)c(Cl)c3)ncnc2cc1OCC. The molecule has 0 unspecified atom stereocenters. The fourth-order valence-corrected chi connectivity index (χ4v) is 2.71. The third-order valence-corrected chi connectivity index (χ3v) is 4.15. The average Bonchev–Trinajstić information content (AvgIpc) is 2.74. The van der Waals surface area contributed by atoms with Gasteiger partial charge >= 0.3 is 0 Å². The lowest BCUT2D eigenvalue weighted by Gasteiger charge is -2.12. The standard InChI is InChI=1S/C22H16ClFN4O2/c1-3-21(29)25-9-5-6-14-10-16-19(12-20(14)30-4-2)26-13-27-22(16)28-15-7-8-18(24)17(23)11-15/h3,7-13H,1,4H2,2H3,(H,26,27,28). The number of halogens is 2. The quantitative estimate of drug-likeness (QED) is 0.366. The highest BCUT2D eigenvalue weighted by molar-refractivity contribution is 6.31. The lowest BCUT2D eigenvalue weighted by atomic mass is 10.1. The van der Waals surface area contributed by atoms with Crippen molar-refractivity contribution in [1.82, 2.24) is 9.97 Å². The molecule has 0 saturated heterocycles. The predicted octanol–water partition coefficient (Wildman–Crippen LogP) is 4.70. The van der Waals surface area contributed by atoms with Gasteiger partial charge in [0.1, 0.15) is 23.7 Å². The first kappa shape index (κ1) is 21.0. The molecule has 1 heterocycles. The van der Waals surface area contributed by atoms with E-state index in [1.165, 1.54) is 24.7 Å². The molecule has 3 aromatic rings. The number of aliphatic imine (C=N–C) groups is 1. The van der Waals surface area contributed by atoms with Crippen LogP contribution in [0.15, 0.2) is 54.3 Å². The molecule has 0 radical (unpaired) electrons. The summed E-state index contributed by atoms with van der Waals surface area (Å²) in [6.45, 7) is 5.64. The maximum atomic E-state index is 13.4. The zero-order valence-corrected chi connectivity index (χ0v) is 16.7. The number of aromatic nitrogens is 2. The molecule has 1 amide bonds. The van der Waals surface area contributed by atoms with E-state index >= 15 is 0 Å². The number of nitrogens with one attached hydrogen (secondary N) is 1. The van der Waals surface area contributed by atoms with Crippen LogP contribution in [0.5, 0.6) is 5.75 Å². The summed E-state index contributed by atoms with van der Waals surface area (Å²) in [5, 5.41) is 3.78. The second-order valence-corrected chi connectivity index (χ2v) is 6.25. The molecule has 0 aliphatic heterocycles. The topological polar surface area (TPSA) is 76.5 Å². The smallest absolute Gasteiger partial charge is 0.269 e. The van der Waals surface area contributed by atoms with Gasteiger partial charge in [0.05, 0.1) is 28.9 Å². The molecule has 0 spiro atoms. The molecule has 6 nitrogen and oxygen atoms in total. The number of anilines is 2. The molecule has 0 aliphatic rings. The molecule has 150 valence electrons. The summed E-state index contributed by atoms with van der Waals surface area (Å²) in [6, 6.07) is 7.80. The van der Waals surface area contributed by atoms with Gasteiger partial charge in [-0.15, -0.1) is 0 Å². The van der Waals surface area contributed by atoms with Crippen molar-refractivity contribution >= 4 is 46.1 Å². The minimum atomic E-state index is -0.509. The molecular formula is C22H16ClFN4O2. The Balaban J connectivity index is 2.04. The van der Waals surface area contributed by atoms with Gasteiger partial charge in [0.25, 0.3) is 5.91 Å². The fraction of sp³-hybridized carbons (Fsp3) is 0.0909. The van der Waals surface area contributed by atoms with Gasteiger partial charge in [-0.25, -0.2) is 19.4 Å². The Morgan fingerprint density at radius 3 is 2.93 bits per heavy atom. The third-order valence-electron chi connectivity index (χ3n) is 3.86. The summed E-state index contributed by atoms with van der Waals surface area (Å²) in [7, 11) is 0. The molecule has 2 aromatic carbocycles. The lowest BCUT2D eigenvalue weighted by Crippen LogP contribution is -1.99. The number of nitrogens with zero attached hydrogens (tertiary/aromatic N) is 3. The van der Waals surface area contributed by atoms with Crippen LogP contribution in [-0.2, 0) is 4.79 Å². The van der Waals surface area contributed by atoms with Crippen LogP contribution in [0.2, 0.25) is 5.02 Å². The number of rotatable bonds is 5. The van der Waals surface area contributed by atoms with Crippen molar-refractivity contribution in [2.24, 2.45) is 4.99 Å². The van der Waals surface area contributed by atoms with Gasteiger partial charge in [-0.3, -0.25) is 4.79 Å². The highest BCUT2D eigenvalue weighted by Crippen LogP contribution is 2.30. The first-order valence-electron chi connectivity index (χ1n) is 8.86. The number of fused-ring (bicyclic) bond motifs is 1. The zero-order valence-electron chi connectivity index (χ0n) is 15.9. The monoisotopic (exact) mass is 422 g/mol. The van der Waals surface area contributed by atoms with Gasteiger partial charge in [0, 0.05) is 17.1 Å². The Bertz CT molecular complexity index is 1210. The van der Waals surface area contributed by atoms with Crippen LogP contribution < -0.4 is 10.1 Å². The van der Waals surface area contributed by atoms with Crippen LogP contribution >= 0.6 is 11.6 Å². The summed E-state index contributed by atoms with van der Waals surface area (Å²) < 4.78 is 19.1. The molecule has 30 heavy (non-hydrogen) atoms. The Morgan fingerprint density at radius 2 is 2.20 bits per heavy atom. The number of hydrogen-bond acceptors (Lipinski definition) is 5. The minimum absolute atomic E-state index is 0.00286. The number of ether oxygens (including phenoxy) is 1. The first-order chi connectivity index (χ1) is 14.5. The number of hydrogen-bond donors (Lipinski definition) is 1. The highest BCUT2D eigenvalue weighted by atomic mass is 35.5. The van der Waals surface area contributed by atoms with Crippen LogP contribution in [0, 0.1) is 17.7 Å². The second kappa shape index (κ2) is 9.63. The summed E-state index contributed by atoms with van der Waals surface area (Å²) >= 11 is 5.86. The van der Waals surface area contributed by atoms with Gasteiger partial charge in [0.15, 0.2) is 0 Å². The second-order valence-electron chi connectivity index (χ2n) is 5.84. The van der Waals surface area contributed by atoms with Crippen molar-refractivity contribution in [1.29, 1.82) is 0 Å². The van der Waals surface area contributed by atoms with E-state index in [1.54, 1.807) is 18.2 Å².